The zero-order valence-electron chi connectivity index (χ0n) is 13.6. The number of rotatable bonds is 8. The minimum Gasteiger partial charge on any atom is -0.477 e. The zero-order chi connectivity index (χ0) is 17.5. The predicted octanol–water partition coefficient (Wildman–Crippen LogP) is 3.35. The first-order chi connectivity index (χ1) is 11.6. The van der Waals surface area contributed by atoms with Gasteiger partial charge in [0.2, 0.25) is 11.8 Å². The quantitative estimate of drug-likeness (QED) is 0.294. The van der Waals surface area contributed by atoms with Crippen LogP contribution in [-0.2, 0) is 11.8 Å². The van der Waals surface area contributed by atoms with E-state index in [-0.39, 0.29) is 11.3 Å². The number of unbranched alkanes of at least 4 members (excludes halogenated alkanes) is 2. The summed E-state index contributed by atoms with van der Waals surface area (Å²) in [5.74, 6) is -0.901. The van der Waals surface area contributed by atoms with E-state index in [1.54, 1.807) is 11.7 Å². The van der Waals surface area contributed by atoms with E-state index in [0.717, 1.165) is 30.7 Å². The van der Waals surface area contributed by atoms with Gasteiger partial charge in [-0.15, -0.1) is 0 Å². The van der Waals surface area contributed by atoms with Gasteiger partial charge in [0.15, 0.2) is 0 Å². The van der Waals surface area contributed by atoms with Gasteiger partial charge in [-0.3, -0.25) is 0 Å². The van der Waals surface area contributed by atoms with Crippen LogP contribution >= 0.6 is 15.9 Å². The number of aromatic nitrogens is 3. The molecule has 0 spiro atoms. The molecule has 0 aromatic carbocycles. The van der Waals surface area contributed by atoms with Crippen molar-refractivity contribution in [3.05, 3.63) is 29.8 Å². The first kappa shape index (κ1) is 18.4. The van der Waals surface area contributed by atoms with Crippen LogP contribution in [0.1, 0.15) is 29.6 Å². The third-order valence-corrected chi connectivity index (χ3v) is 3.95. The van der Waals surface area contributed by atoms with Crippen molar-refractivity contribution >= 4 is 21.9 Å². The minimum atomic E-state index is -0.764. The van der Waals surface area contributed by atoms with E-state index >= 15 is 0 Å². The zero-order valence-corrected chi connectivity index (χ0v) is 15.2. The molecule has 0 radical (unpaired) electrons. The van der Waals surface area contributed by atoms with E-state index in [2.05, 4.69) is 30.7 Å². The molecule has 0 unspecified atom stereocenters. The second kappa shape index (κ2) is 8.77. The van der Waals surface area contributed by atoms with Crippen molar-refractivity contribution in [3.8, 4) is 17.1 Å². The summed E-state index contributed by atoms with van der Waals surface area (Å²) in [5, 5.41) is 5.10. The number of methoxy groups -OCH3 is 1. The van der Waals surface area contributed by atoms with Crippen LogP contribution in [0.2, 0.25) is 0 Å². The summed E-state index contributed by atoms with van der Waals surface area (Å²) in [5.41, 5.74) is 0.897. The largest absolute Gasteiger partial charge is 0.477 e. The van der Waals surface area contributed by atoms with Crippen LogP contribution in [0, 0.1) is 5.95 Å². The van der Waals surface area contributed by atoms with Gasteiger partial charge in [-0.2, -0.15) is 9.49 Å². The number of hydrogen-bond acceptors (Lipinski definition) is 5. The first-order valence-electron chi connectivity index (χ1n) is 7.54. The lowest BCUT2D eigenvalue weighted by atomic mass is 10.1. The van der Waals surface area contributed by atoms with Gasteiger partial charge < -0.3 is 9.47 Å². The average molecular weight is 400 g/mol. The molecule has 0 saturated carbocycles. The minimum absolute atomic E-state index is 0.0899. The molecule has 0 amide bonds. The van der Waals surface area contributed by atoms with Gasteiger partial charge in [-0.25, -0.2) is 14.5 Å². The van der Waals surface area contributed by atoms with E-state index in [1.165, 1.54) is 19.4 Å². The number of halogens is 2. The molecular weight excluding hydrogens is 381 g/mol. The monoisotopic (exact) mass is 399 g/mol. The summed E-state index contributed by atoms with van der Waals surface area (Å²) >= 11 is 3.39. The van der Waals surface area contributed by atoms with Crippen molar-refractivity contribution in [2.24, 2.45) is 7.05 Å². The highest BCUT2D eigenvalue weighted by molar-refractivity contribution is 9.09. The molecule has 0 saturated heterocycles. The average Bonchev–Trinajstić information content (AvgIpc) is 2.94. The van der Waals surface area contributed by atoms with Crippen molar-refractivity contribution in [1.82, 2.24) is 14.8 Å². The lowest BCUT2D eigenvalue weighted by Gasteiger charge is -2.09. The van der Waals surface area contributed by atoms with E-state index in [4.69, 9.17) is 4.74 Å². The Morgan fingerprint density at radius 1 is 1.33 bits per heavy atom. The Bertz CT molecular complexity index is 706. The van der Waals surface area contributed by atoms with E-state index in [1.807, 2.05) is 0 Å². The molecule has 0 fully saturated rings. The maximum absolute atomic E-state index is 13.7. The van der Waals surface area contributed by atoms with Crippen molar-refractivity contribution in [2.75, 3.05) is 19.0 Å². The molecule has 0 atom stereocenters. The molecular formula is C16H19BrFN3O3. The fraction of sp³-hybridized carbons (Fsp3) is 0.438. The highest BCUT2D eigenvalue weighted by Crippen LogP contribution is 2.29. The summed E-state index contributed by atoms with van der Waals surface area (Å²) in [7, 11) is 2.98. The molecule has 2 aromatic rings. The number of alkyl halides is 1. The Morgan fingerprint density at radius 2 is 2.12 bits per heavy atom. The number of ether oxygens (including phenoxy) is 2. The van der Waals surface area contributed by atoms with Gasteiger partial charge in [0, 0.05) is 18.4 Å². The Labute approximate surface area is 148 Å². The van der Waals surface area contributed by atoms with Crippen LogP contribution in [0.3, 0.4) is 0 Å². The first-order valence-corrected chi connectivity index (χ1v) is 8.66. The van der Waals surface area contributed by atoms with Gasteiger partial charge in [0.05, 0.1) is 36.7 Å². The summed E-state index contributed by atoms with van der Waals surface area (Å²) in [6.07, 6.45) is 4.57. The second-order valence-corrected chi connectivity index (χ2v) is 5.93. The van der Waals surface area contributed by atoms with Crippen molar-refractivity contribution in [3.63, 3.8) is 0 Å². The van der Waals surface area contributed by atoms with E-state index in [0.29, 0.717) is 18.1 Å². The maximum Gasteiger partial charge on any atom is 0.338 e. The number of carbonyl (C=O) groups is 1. The number of aryl methyl sites for hydroxylation is 1. The number of carbonyl (C=O) groups excluding carboxylic acids is 1. The molecule has 0 aliphatic carbocycles. The fourth-order valence-electron chi connectivity index (χ4n) is 2.19. The number of pyridine rings is 1. The molecule has 0 bridgehead atoms. The van der Waals surface area contributed by atoms with Gasteiger partial charge in [0.1, 0.15) is 0 Å². The molecule has 0 aliphatic heterocycles. The van der Waals surface area contributed by atoms with Crippen molar-refractivity contribution < 1.29 is 18.7 Å². The summed E-state index contributed by atoms with van der Waals surface area (Å²) in [6.45, 7) is 0.526. The standard InChI is InChI=1S/C16H19BrFN3O3/c1-21-15(24-7-5-3-4-6-17)12(10-19-21)13-8-11(16(22)23-2)9-14(18)20-13/h8-10H,3-7H2,1-2H3. The van der Waals surface area contributed by atoms with E-state index < -0.39 is 11.9 Å². The molecule has 2 rings (SSSR count). The molecule has 8 heteroatoms. The van der Waals surface area contributed by atoms with E-state index in [9.17, 15) is 9.18 Å². The molecule has 2 aromatic heterocycles. The molecule has 24 heavy (non-hydrogen) atoms. The molecule has 0 N–H and O–H groups in total. The lowest BCUT2D eigenvalue weighted by Crippen LogP contribution is -2.05. The van der Waals surface area contributed by atoms with Crippen LogP contribution < -0.4 is 4.74 Å². The van der Waals surface area contributed by atoms with Crippen LogP contribution in [0.4, 0.5) is 4.39 Å². The molecule has 0 aliphatic rings. The number of nitrogens with zero attached hydrogens (tertiary/aromatic N) is 3. The number of esters is 1. The molecule has 2 heterocycles. The summed E-state index contributed by atoms with van der Waals surface area (Å²) in [4.78, 5) is 15.5. The van der Waals surface area contributed by atoms with Crippen LogP contribution in [-0.4, -0.2) is 39.8 Å². The van der Waals surface area contributed by atoms with Gasteiger partial charge in [0.25, 0.3) is 0 Å². The Balaban J connectivity index is 2.23. The fourth-order valence-corrected chi connectivity index (χ4v) is 2.58. The number of hydrogen-bond donors (Lipinski definition) is 0. The van der Waals surface area contributed by atoms with Crippen molar-refractivity contribution in [2.45, 2.75) is 19.3 Å². The van der Waals surface area contributed by atoms with Crippen LogP contribution in [0.25, 0.3) is 11.3 Å². The highest BCUT2D eigenvalue weighted by Gasteiger charge is 2.17. The Kier molecular flexibility index (Phi) is 6.72. The molecule has 130 valence electrons. The Hall–Kier alpha value is -1.96. The third kappa shape index (κ3) is 4.53. The SMILES string of the molecule is COC(=O)c1cc(F)nc(-c2cnn(C)c2OCCCCCBr)c1. The normalized spacial score (nSPS) is 10.7. The Morgan fingerprint density at radius 3 is 2.83 bits per heavy atom. The summed E-state index contributed by atoms with van der Waals surface area (Å²) in [6, 6.07) is 2.50. The third-order valence-electron chi connectivity index (χ3n) is 3.39. The topological polar surface area (TPSA) is 66.2 Å². The smallest absolute Gasteiger partial charge is 0.338 e. The van der Waals surface area contributed by atoms with Crippen LogP contribution in [0.15, 0.2) is 18.3 Å². The van der Waals surface area contributed by atoms with Gasteiger partial charge >= 0.3 is 5.97 Å². The van der Waals surface area contributed by atoms with Gasteiger partial charge in [-0.1, -0.05) is 15.9 Å². The van der Waals surface area contributed by atoms with Gasteiger partial charge in [-0.05, 0) is 25.3 Å². The molecule has 6 nitrogen and oxygen atoms in total. The van der Waals surface area contributed by atoms with Crippen LogP contribution in [0.5, 0.6) is 5.88 Å². The predicted molar refractivity (Wildman–Crippen MR) is 90.9 cm³/mol. The second-order valence-electron chi connectivity index (χ2n) is 5.14. The van der Waals surface area contributed by atoms with Crippen molar-refractivity contribution in [1.29, 1.82) is 0 Å². The summed E-state index contributed by atoms with van der Waals surface area (Å²) < 4.78 is 25.7. The highest BCUT2D eigenvalue weighted by atomic mass is 79.9. The maximum atomic E-state index is 13.7. The lowest BCUT2D eigenvalue weighted by molar-refractivity contribution is 0.0600.